The predicted molar refractivity (Wildman–Crippen MR) is 78.3 cm³/mol. The minimum absolute atomic E-state index is 0.0269. The molecule has 1 aliphatic heterocycles. The molecule has 0 radical (unpaired) electrons. The molecule has 0 aliphatic carbocycles. The van der Waals surface area contributed by atoms with Crippen molar-refractivity contribution in [2.75, 3.05) is 18.0 Å². The Balaban J connectivity index is 2.40. The van der Waals surface area contributed by atoms with Gasteiger partial charge in [0, 0.05) is 24.7 Å². The Morgan fingerprint density at radius 1 is 1.30 bits per heavy atom. The van der Waals surface area contributed by atoms with E-state index in [0.29, 0.717) is 23.1 Å². The van der Waals surface area contributed by atoms with Crippen LogP contribution in [0.15, 0.2) is 18.2 Å². The summed E-state index contributed by atoms with van der Waals surface area (Å²) in [5.41, 5.74) is 1.04. The number of anilines is 1. The van der Waals surface area contributed by atoms with Crippen LogP contribution in [0, 0.1) is 22.0 Å². The highest BCUT2D eigenvalue weighted by atomic mass is 16.6. The van der Waals surface area contributed by atoms with Crippen LogP contribution in [0.2, 0.25) is 0 Å². The lowest BCUT2D eigenvalue weighted by Gasteiger charge is -2.36. The van der Waals surface area contributed by atoms with E-state index in [-0.39, 0.29) is 11.5 Å². The number of nitro benzene ring substituents is 1. The van der Waals surface area contributed by atoms with Gasteiger partial charge in [0.15, 0.2) is 5.78 Å². The van der Waals surface area contributed by atoms with Gasteiger partial charge in [-0.05, 0) is 37.3 Å². The summed E-state index contributed by atoms with van der Waals surface area (Å²) in [6.07, 6.45) is 1.15. The number of ketones is 1. The van der Waals surface area contributed by atoms with E-state index in [4.69, 9.17) is 0 Å². The first-order valence-electron chi connectivity index (χ1n) is 6.92. The molecule has 0 aromatic heterocycles. The molecule has 108 valence electrons. The number of piperidine rings is 1. The molecule has 5 nitrogen and oxygen atoms in total. The number of rotatable bonds is 3. The number of nitrogens with zero attached hydrogens (tertiary/aromatic N) is 2. The molecule has 1 aliphatic rings. The topological polar surface area (TPSA) is 63.5 Å². The van der Waals surface area contributed by atoms with Gasteiger partial charge in [-0.15, -0.1) is 0 Å². The van der Waals surface area contributed by atoms with E-state index in [1.165, 1.54) is 13.0 Å². The molecule has 1 fully saturated rings. The van der Waals surface area contributed by atoms with Crippen LogP contribution in [0.3, 0.4) is 0 Å². The number of hydrogen-bond acceptors (Lipinski definition) is 4. The fourth-order valence-corrected chi connectivity index (χ4v) is 3.02. The molecule has 1 saturated heterocycles. The van der Waals surface area contributed by atoms with Gasteiger partial charge in [-0.3, -0.25) is 14.9 Å². The zero-order valence-electron chi connectivity index (χ0n) is 12.1. The molecule has 20 heavy (non-hydrogen) atoms. The van der Waals surface area contributed by atoms with Crippen molar-refractivity contribution in [1.82, 2.24) is 0 Å². The SMILES string of the molecule is CC(=O)c1ccc(N2C[C@@H](C)C[C@H](C)C2)c([N+](=O)[O-])c1. The van der Waals surface area contributed by atoms with Crippen LogP contribution in [0.4, 0.5) is 11.4 Å². The lowest BCUT2D eigenvalue weighted by molar-refractivity contribution is -0.384. The maximum atomic E-state index is 11.4. The highest BCUT2D eigenvalue weighted by Crippen LogP contribution is 2.33. The van der Waals surface area contributed by atoms with Crippen molar-refractivity contribution < 1.29 is 9.72 Å². The molecule has 1 aromatic carbocycles. The van der Waals surface area contributed by atoms with Gasteiger partial charge in [0.2, 0.25) is 0 Å². The molecule has 5 heteroatoms. The number of benzene rings is 1. The van der Waals surface area contributed by atoms with Gasteiger partial charge in [-0.25, -0.2) is 0 Å². The molecule has 0 bridgehead atoms. The molecule has 2 atom stereocenters. The largest absolute Gasteiger partial charge is 0.365 e. The zero-order chi connectivity index (χ0) is 14.9. The van der Waals surface area contributed by atoms with Crippen LogP contribution in [0.5, 0.6) is 0 Å². The standard InChI is InChI=1S/C15H20N2O3/c1-10-6-11(2)9-16(8-10)14-5-4-13(12(3)18)7-15(14)17(19)20/h4-5,7,10-11H,6,8-9H2,1-3H3/t10-,11-/m0/s1. The van der Waals surface area contributed by atoms with E-state index >= 15 is 0 Å². The second-order valence-corrected chi connectivity index (χ2v) is 5.87. The van der Waals surface area contributed by atoms with E-state index in [0.717, 1.165) is 19.5 Å². The molecule has 0 unspecified atom stereocenters. The first kappa shape index (κ1) is 14.5. The average Bonchev–Trinajstić information content (AvgIpc) is 2.36. The second-order valence-electron chi connectivity index (χ2n) is 5.87. The summed E-state index contributed by atoms with van der Waals surface area (Å²) in [7, 11) is 0. The van der Waals surface area contributed by atoms with Gasteiger partial charge >= 0.3 is 0 Å². The van der Waals surface area contributed by atoms with Gasteiger partial charge in [0.25, 0.3) is 5.69 Å². The van der Waals surface area contributed by atoms with Gasteiger partial charge in [0.05, 0.1) is 4.92 Å². The van der Waals surface area contributed by atoms with Crippen molar-refractivity contribution in [3.63, 3.8) is 0 Å². The summed E-state index contributed by atoms with van der Waals surface area (Å²) in [4.78, 5) is 24.3. The Labute approximate surface area is 118 Å². The van der Waals surface area contributed by atoms with Crippen molar-refractivity contribution in [2.45, 2.75) is 27.2 Å². The normalized spacial score (nSPS) is 22.6. The Kier molecular flexibility index (Phi) is 4.06. The van der Waals surface area contributed by atoms with E-state index in [1.807, 2.05) is 0 Å². The summed E-state index contributed by atoms with van der Waals surface area (Å²) in [6.45, 7) is 7.40. The predicted octanol–water partition coefficient (Wildman–Crippen LogP) is 3.28. The summed E-state index contributed by atoms with van der Waals surface area (Å²) in [6, 6.07) is 4.77. The van der Waals surface area contributed by atoms with Crippen molar-refractivity contribution in [3.05, 3.63) is 33.9 Å². The summed E-state index contributed by atoms with van der Waals surface area (Å²) >= 11 is 0. The summed E-state index contributed by atoms with van der Waals surface area (Å²) in [5, 5.41) is 11.3. The quantitative estimate of drug-likeness (QED) is 0.483. The average molecular weight is 276 g/mol. The number of carbonyl (C=O) groups is 1. The molecule has 0 spiro atoms. The monoisotopic (exact) mass is 276 g/mol. The maximum absolute atomic E-state index is 11.4. The van der Waals surface area contributed by atoms with Gasteiger partial charge in [-0.1, -0.05) is 13.8 Å². The third kappa shape index (κ3) is 2.98. The molecule has 0 amide bonds. The zero-order valence-corrected chi connectivity index (χ0v) is 12.1. The number of nitro groups is 1. The van der Waals surface area contributed by atoms with E-state index in [9.17, 15) is 14.9 Å². The van der Waals surface area contributed by atoms with Crippen LogP contribution in [-0.4, -0.2) is 23.8 Å². The van der Waals surface area contributed by atoms with E-state index in [2.05, 4.69) is 18.7 Å². The molecule has 1 heterocycles. The maximum Gasteiger partial charge on any atom is 0.293 e. The van der Waals surface area contributed by atoms with Crippen LogP contribution in [-0.2, 0) is 0 Å². The van der Waals surface area contributed by atoms with Crippen molar-refractivity contribution in [3.8, 4) is 0 Å². The smallest absolute Gasteiger partial charge is 0.293 e. The van der Waals surface area contributed by atoms with Crippen LogP contribution in [0.1, 0.15) is 37.6 Å². The van der Waals surface area contributed by atoms with E-state index < -0.39 is 4.92 Å². The number of carbonyl (C=O) groups excluding carboxylic acids is 1. The fraction of sp³-hybridized carbons (Fsp3) is 0.533. The third-order valence-electron chi connectivity index (χ3n) is 3.79. The molecule has 1 aromatic rings. The van der Waals surface area contributed by atoms with Gasteiger partial charge in [0.1, 0.15) is 5.69 Å². The highest BCUT2D eigenvalue weighted by Gasteiger charge is 2.27. The lowest BCUT2D eigenvalue weighted by Crippen LogP contribution is -2.39. The van der Waals surface area contributed by atoms with Gasteiger partial charge < -0.3 is 4.90 Å². The summed E-state index contributed by atoms with van der Waals surface area (Å²) < 4.78 is 0. The van der Waals surface area contributed by atoms with Crippen LogP contribution < -0.4 is 4.90 Å². The Morgan fingerprint density at radius 2 is 1.90 bits per heavy atom. The molecule has 0 saturated carbocycles. The van der Waals surface area contributed by atoms with Crippen LogP contribution >= 0.6 is 0 Å². The Morgan fingerprint density at radius 3 is 2.40 bits per heavy atom. The first-order chi connectivity index (χ1) is 9.38. The second kappa shape index (κ2) is 5.61. The molecule has 2 rings (SSSR count). The third-order valence-corrected chi connectivity index (χ3v) is 3.79. The van der Waals surface area contributed by atoms with E-state index in [1.54, 1.807) is 12.1 Å². The molecular formula is C15H20N2O3. The van der Waals surface area contributed by atoms with Crippen LogP contribution in [0.25, 0.3) is 0 Å². The minimum Gasteiger partial charge on any atom is -0.365 e. The minimum atomic E-state index is -0.397. The molecule has 0 N–H and O–H groups in total. The first-order valence-corrected chi connectivity index (χ1v) is 6.92. The van der Waals surface area contributed by atoms with Crippen molar-refractivity contribution in [1.29, 1.82) is 0 Å². The van der Waals surface area contributed by atoms with Crippen molar-refractivity contribution in [2.24, 2.45) is 11.8 Å². The Bertz CT molecular complexity index is 532. The summed E-state index contributed by atoms with van der Waals surface area (Å²) in [5.74, 6) is 0.886. The highest BCUT2D eigenvalue weighted by molar-refractivity contribution is 5.95. The Hall–Kier alpha value is -1.91. The lowest BCUT2D eigenvalue weighted by atomic mass is 9.91. The number of Topliss-reactive ketones (excluding diaryl/α,β-unsaturated/α-hetero) is 1. The van der Waals surface area contributed by atoms with Crippen molar-refractivity contribution >= 4 is 17.2 Å². The fourth-order valence-electron chi connectivity index (χ4n) is 3.02. The van der Waals surface area contributed by atoms with Gasteiger partial charge in [-0.2, -0.15) is 0 Å². The number of hydrogen-bond donors (Lipinski definition) is 0. The molecular weight excluding hydrogens is 256 g/mol.